The number of carbonyl (C=O) groups is 2. The summed E-state index contributed by atoms with van der Waals surface area (Å²) in [6.07, 6.45) is 0.576. The van der Waals surface area contributed by atoms with E-state index in [1.165, 1.54) is 0 Å². The Hall–Kier alpha value is -0.900. The van der Waals surface area contributed by atoms with Gasteiger partial charge in [0.2, 0.25) is 5.91 Å². The van der Waals surface area contributed by atoms with Gasteiger partial charge in [-0.15, -0.1) is 0 Å². The van der Waals surface area contributed by atoms with E-state index in [1.54, 1.807) is 6.92 Å². The van der Waals surface area contributed by atoms with Gasteiger partial charge in [-0.3, -0.25) is 14.5 Å². The standard InChI is InChI=1S/C10H18N2O2/c1-3-10(14)12-6-4-11(5-7-12)8-9(2)13/h3-8H2,1-2H3. The molecule has 0 atom stereocenters. The molecule has 0 aromatic heterocycles. The van der Waals surface area contributed by atoms with Crippen molar-refractivity contribution in [2.24, 2.45) is 0 Å². The molecule has 14 heavy (non-hydrogen) atoms. The molecule has 0 unspecified atom stereocenters. The molecule has 1 aliphatic heterocycles. The van der Waals surface area contributed by atoms with Crippen LogP contribution in [-0.4, -0.2) is 54.2 Å². The summed E-state index contributed by atoms with van der Waals surface area (Å²) in [7, 11) is 0. The maximum absolute atomic E-state index is 11.3. The maximum atomic E-state index is 11.3. The first-order valence-electron chi connectivity index (χ1n) is 5.13. The van der Waals surface area contributed by atoms with E-state index in [1.807, 2.05) is 11.8 Å². The first-order chi connectivity index (χ1) is 6.63. The maximum Gasteiger partial charge on any atom is 0.222 e. The third-order valence-corrected chi connectivity index (χ3v) is 2.47. The summed E-state index contributed by atoms with van der Waals surface area (Å²) < 4.78 is 0. The zero-order valence-corrected chi connectivity index (χ0v) is 8.95. The monoisotopic (exact) mass is 198 g/mol. The van der Waals surface area contributed by atoms with Gasteiger partial charge in [-0.25, -0.2) is 0 Å². The molecule has 4 nitrogen and oxygen atoms in total. The van der Waals surface area contributed by atoms with Gasteiger partial charge in [0.05, 0.1) is 6.54 Å². The Bertz CT molecular complexity index is 220. The van der Waals surface area contributed by atoms with E-state index in [0.717, 1.165) is 26.2 Å². The number of ketones is 1. The molecule has 0 N–H and O–H groups in total. The molecule has 0 aromatic rings. The Morgan fingerprint density at radius 1 is 1.14 bits per heavy atom. The lowest BCUT2D eigenvalue weighted by atomic mass is 10.2. The molecule has 0 saturated carbocycles. The van der Waals surface area contributed by atoms with E-state index in [9.17, 15) is 9.59 Å². The van der Waals surface area contributed by atoms with Crippen LogP contribution in [0.15, 0.2) is 0 Å². The van der Waals surface area contributed by atoms with E-state index >= 15 is 0 Å². The van der Waals surface area contributed by atoms with Crippen LogP contribution in [0.25, 0.3) is 0 Å². The van der Waals surface area contributed by atoms with Gasteiger partial charge in [-0.2, -0.15) is 0 Å². The average Bonchev–Trinajstić information content (AvgIpc) is 2.17. The number of carbonyl (C=O) groups excluding carboxylic acids is 2. The molecule has 0 aromatic carbocycles. The van der Waals surface area contributed by atoms with E-state index in [2.05, 4.69) is 4.90 Å². The van der Waals surface area contributed by atoms with Crippen molar-refractivity contribution in [3.05, 3.63) is 0 Å². The van der Waals surface area contributed by atoms with E-state index in [0.29, 0.717) is 13.0 Å². The van der Waals surface area contributed by atoms with Gasteiger partial charge in [0.15, 0.2) is 0 Å². The van der Waals surface area contributed by atoms with Crippen LogP contribution in [0.2, 0.25) is 0 Å². The van der Waals surface area contributed by atoms with Crippen molar-refractivity contribution >= 4 is 11.7 Å². The van der Waals surface area contributed by atoms with Crippen LogP contribution < -0.4 is 0 Å². The predicted octanol–water partition coefficient (Wildman–Crippen LogP) is 0.130. The van der Waals surface area contributed by atoms with Gasteiger partial charge >= 0.3 is 0 Å². The number of amides is 1. The van der Waals surface area contributed by atoms with Gasteiger partial charge < -0.3 is 4.90 Å². The second-order valence-electron chi connectivity index (χ2n) is 3.71. The largest absolute Gasteiger partial charge is 0.340 e. The van der Waals surface area contributed by atoms with Crippen LogP contribution in [0.3, 0.4) is 0 Å². The topological polar surface area (TPSA) is 40.6 Å². The summed E-state index contributed by atoms with van der Waals surface area (Å²) in [6.45, 7) is 7.18. The van der Waals surface area contributed by atoms with Crippen molar-refractivity contribution in [2.75, 3.05) is 32.7 Å². The summed E-state index contributed by atoms with van der Waals surface area (Å²) in [5.41, 5.74) is 0. The van der Waals surface area contributed by atoms with Crippen LogP contribution in [0.1, 0.15) is 20.3 Å². The van der Waals surface area contributed by atoms with E-state index in [-0.39, 0.29) is 11.7 Å². The molecule has 1 fully saturated rings. The van der Waals surface area contributed by atoms with Crippen molar-refractivity contribution in [1.82, 2.24) is 9.80 Å². The van der Waals surface area contributed by atoms with E-state index in [4.69, 9.17) is 0 Å². The molecule has 1 aliphatic rings. The minimum Gasteiger partial charge on any atom is -0.340 e. The van der Waals surface area contributed by atoms with Gasteiger partial charge in [-0.05, 0) is 6.92 Å². The lowest BCUT2D eigenvalue weighted by Gasteiger charge is -2.34. The number of rotatable bonds is 3. The molecule has 1 saturated heterocycles. The molecule has 0 radical (unpaired) electrons. The third-order valence-electron chi connectivity index (χ3n) is 2.47. The van der Waals surface area contributed by atoms with Crippen molar-refractivity contribution < 1.29 is 9.59 Å². The summed E-state index contributed by atoms with van der Waals surface area (Å²) in [5.74, 6) is 0.410. The lowest BCUT2D eigenvalue weighted by Crippen LogP contribution is -2.49. The third kappa shape index (κ3) is 3.10. The van der Waals surface area contributed by atoms with Gasteiger partial charge in [0.1, 0.15) is 5.78 Å². The quantitative estimate of drug-likeness (QED) is 0.647. The molecule has 4 heteroatoms. The summed E-state index contributed by atoms with van der Waals surface area (Å²) in [5, 5.41) is 0. The van der Waals surface area contributed by atoms with Crippen LogP contribution in [0, 0.1) is 0 Å². The normalized spacial score (nSPS) is 18.3. The van der Waals surface area contributed by atoms with Gasteiger partial charge in [0, 0.05) is 32.6 Å². The number of hydrogen-bond donors (Lipinski definition) is 0. The fourth-order valence-corrected chi connectivity index (χ4v) is 1.69. The number of nitrogens with zero attached hydrogens (tertiary/aromatic N) is 2. The highest BCUT2D eigenvalue weighted by molar-refractivity contribution is 5.78. The molecule has 1 heterocycles. The van der Waals surface area contributed by atoms with Crippen molar-refractivity contribution in [3.8, 4) is 0 Å². The Morgan fingerprint density at radius 2 is 1.71 bits per heavy atom. The van der Waals surface area contributed by atoms with E-state index < -0.39 is 0 Å². The van der Waals surface area contributed by atoms with Crippen LogP contribution >= 0.6 is 0 Å². The Morgan fingerprint density at radius 3 is 2.14 bits per heavy atom. The molecule has 1 rings (SSSR count). The van der Waals surface area contributed by atoms with Crippen LogP contribution in [0.4, 0.5) is 0 Å². The second kappa shape index (κ2) is 5.10. The summed E-state index contributed by atoms with van der Waals surface area (Å²) >= 11 is 0. The lowest BCUT2D eigenvalue weighted by molar-refractivity contribution is -0.132. The summed E-state index contributed by atoms with van der Waals surface area (Å²) in [6, 6.07) is 0. The SMILES string of the molecule is CCC(=O)N1CCN(CC(C)=O)CC1. The zero-order valence-electron chi connectivity index (χ0n) is 8.95. The minimum absolute atomic E-state index is 0.195. The van der Waals surface area contributed by atoms with Crippen molar-refractivity contribution in [1.29, 1.82) is 0 Å². The van der Waals surface area contributed by atoms with Crippen molar-refractivity contribution in [2.45, 2.75) is 20.3 Å². The highest BCUT2D eigenvalue weighted by Gasteiger charge is 2.19. The Labute approximate surface area is 84.9 Å². The molecular formula is C10H18N2O2. The molecule has 0 bridgehead atoms. The fourth-order valence-electron chi connectivity index (χ4n) is 1.69. The smallest absolute Gasteiger partial charge is 0.222 e. The molecule has 80 valence electrons. The summed E-state index contributed by atoms with van der Waals surface area (Å²) in [4.78, 5) is 26.2. The van der Waals surface area contributed by atoms with Gasteiger partial charge in [-0.1, -0.05) is 6.92 Å². The first kappa shape index (κ1) is 11.2. The Balaban J connectivity index is 2.31. The highest BCUT2D eigenvalue weighted by atomic mass is 16.2. The highest BCUT2D eigenvalue weighted by Crippen LogP contribution is 2.03. The van der Waals surface area contributed by atoms with Crippen LogP contribution in [0.5, 0.6) is 0 Å². The fraction of sp³-hybridized carbons (Fsp3) is 0.800. The van der Waals surface area contributed by atoms with Gasteiger partial charge in [0.25, 0.3) is 0 Å². The molecule has 1 amide bonds. The predicted molar refractivity (Wildman–Crippen MR) is 54.0 cm³/mol. The number of piperazine rings is 1. The number of hydrogen-bond acceptors (Lipinski definition) is 3. The van der Waals surface area contributed by atoms with Crippen LogP contribution in [-0.2, 0) is 9.59 Å². The average molecular weight is 198 g/mol. The molecular weight excluding hydrogens is 180 g/mol. The molecule has 0 aliphatic carbocycles. The van der Waals surface area contributed by atoms with Crippen molar-refractivity contribution in [3.63, 3.8) is 0 Å². The minimum atomic E-state index is 0.195. The number of Topliss-reactive ketones (excluding diaryl/α,β-unsaturated/α-hetero) is 1. The first-order valence-corrected chi connectivity index (χ1v) is 5.13. The zero-order chi connectivity index (χ0) is 10.6. The second-order valence-corrected chi connectivity index (χ2v) is 3.71. The Kier molecular flexibility index (Phi) is 4.07. The molecule has 0 spiro atoms.